The molecule has 106 valence electrons. The molecule has 3 N–H and O–H groups in total. The summed E-state index contributed by atoms with van der Waals surface area (Å²) < 4.78 is 40.4. The van der Waals surface area contributed by atoms with Gasteiger partial charge in [-0.25, -0.2) is 17.8 Å². The van der Waals surface area contributed by atoms with Crippen LogP contribution in [-0.4, -0.2) is 13.4 Å². The predicted molar refractivity (Wildman–Crippen MR) is 78.6 cm³/mol. The van der Waals surface area contributed by atoms with Crippen molar-refractivity contribution in [1.82, 2.24) is 4.98 Å². The Morgan fingerprint density at radius 2 is 2.05 bits per heavy atom. The molecule has 0 bridgehead atoms. The van der Waals surface area contributed by atoms with Crippen molar-refractivity contribution in [3.05, 3.63) is 45.9 Å². The quantitative estimate of drug-likeness (QED) is 0.633. The van der Waals surface area contributed by atoms with Gasteiger partial charge in [0.25, 0.3) is 10.0 Å². The third-order valence-electron chi connectivity index (χ3n) is 2.29. The summed E-state index contributed by atoms with van der Waals surface area (Å²) in [6.45, 7) is 0. The van der Waals surface area contributed by atoms with Crippen LogP contribution in [-0.2, 0) is 10.0 Å². The number of nitrogens with two attached hydrogens (primary N) is 1. The molecule has 0 saturated carbocycles. The highest BCUT2D eigenvalue weighted by atomic mass is 79.9. The minimum Gasteiger partial charge on any atom is -0.399 e. The van der Waals surface area contributed by atoms with Gasteiger partial charge in [0.05, 0.1) is 10.2 Å². The van der Waals surface area contributed by atoms with Gasteiger partial charge in [0, 0.05) is 11.9 Å². The summed E-state index contributed by atoms with van der Waals surface area (Å²) in [5.74, 6) is -0.924. The lowest BCUT2D eigenvalue weighted by Crippen LogP contribution is -2.15. The second-order valence-corrected chi connectivity index (χ2v) is 6.68. The maximum absolute atomic E-state index is 13.9. The van der Waals surface area contributed by atoms with Gasteiger partial charge in [-0.15, -0.1) is 0 Å². The number of nitrogens with zero attached hydrogens (tertiary/aromatic N) is 1. The molecule has 2 aromatic rings. The molecule has 0 aliphatic carbocycles. The standard InChI is InChI=1S/C11H8BrClFN3O2S/c12-8-3-6(15)4-9(11(8)14)20(18,19)17-7-1-2-16-10(13)5-7/h1-5H,15H2,(H,16,17). The Morgan fingerprint density at radius 3 is 2.70 bits per heavy atom. The maximum Gasteiger partial charge on any atom is 0.264 e. The van der Waals surface area contributed by atoms with Crippen molar-refractivity contribution in [2.45, 2.75) is 4.90 Å². The van der Waals surface area contributed by atoms with Crippen LogP contribution in [0.2, 0.25) is 5.15 Å². The fourth-order valence-corrected chi connectivity index (χ4v) is 3.42. The van der Waals surface area contributed by atoms with Crippen molar-refractivity contribution in [2.75, 3.05) is 10.5 Å². The number of hydrogen-bond acceptors (Lipinski definition) is 4. The van der Waals surface area contributed by atoms with E-state index < -0.39 is 20.7 Å². The number of halogens is 3. The van der Waals surface area contributed by atoms with E-state index >= 15 is 0 Å². The fourth-order valence-electron chi connectivity index (χ4n) is 1.46. The van der Waals surface area contributed by atoms with Gasteiger partial charge in [0.15, 0.2) is 5.82 Å². The van der Waals surface area contributed by atoms with Crippen LogP contribution in [0.25, 0.3) is 0 Å². The second-order valence-electron chi connectivity index (χ2n) is 3.79. The van der Waals surface area contributed by atoms with Gasteiger partial charge in [-0.3, -0.25) is 4.72 Å². The number of sulfonamides is 1. The monoisotopic (exact) mass is 379 g/mol. The molecule has 0 atom stereocenters. The highest BCUT2D eigenvalue weighted by Crippen LogP contribution is 2.27. The molecule has 0 fully saturated rings. The molecule has 0 amide bonds. The molecular weight excluding hydrogens is 373 g/mol. The summed E-state index contributed by atoms with van der Waals surface area (Å²) in [6, 6.07) is 5.00. The first-order valence-corrected chi connectivity index (χ1v) is 7.84. The molecule has 0 unspecified atom stereocenters. The Labute approximate surface area is 128 Å². The molecule has 0 aliphatic heterocycles. The first-order valence-electron chi connectivity index (χ1n) is 5.18. The molecule has 0 saturated heterocycles. The van der Waals surface area contributed by atoms with Crippen molar-refractivity contribution in [1.29, 1.82) is 0 Å². The van der Waals surface area contributed by atoms with Gasteiger partial charge in [-0.05, 0) is 40.2 Å². The molecule has 1 aromatic heterocycles. The zero-order valence-electron chi connectivity index (χ0n) is 9.77. The molecule has 0 radical (unpaired) electrons. The molecule has 1 aromatic carbocycles. The molecular formula is C11H8BrClFN3O2S. The van der Waals surface area contributed by atoms with Crippen molar-refractivity contribution in [3.63, 3.8) is 0 Å². The van der Waals surface area contributed by atoms with Crippen LogP contribution in [0.15, 0.2) is 39.8 Å². The van der Waals surface area contributed by atoms with E-state index in [0.717, 1.165) is 6.07 Å². The predicted octanol–water partition coefficient (Wildman–Crippen LogP) is 3.02. The Kier molecular flexibility index (Phi) is 4.17. The van der Waals surface area contributed by atoms with Crippen LogP contribution in [0.5, 0.6) is 0 Å². The van der Waals surface area contributed by atoms with E-state index in [0.29, 0.717) is 0 Å². The lowest BCUT2D eigenvalue weighted by atomic mass is 10.3. The third-order valence-corrected chi connectivity index (χ3v) is 4.45. The number of benzene rings is 1. The van der Waals surface area contributed by atoms with Gasteiger partial charge in [0.2, 0.25) is 0 Å². The van der Waals surface area contributed by atoms with E-state index in [4.69, 9.17) is 17.3 Å². The van der Waals surface area contributed by atoms with Gasteiger partial charge in [0.1, 0.15) is 10.0 Å². The Morgan fingerprint density at radius 1 is 1.35 bits per heavy atom. The summed E-state index contributed by atoms with van der Waals surface area (Å²) in [6.07, 6.45) is 1.33. The van der Waals surface area contributed by atoms with E-state index in [1.165, 1.54) is 24.4 Å². The van der Waals surface area contributed by atoms with Gasteiger partial charge in [-0.1, -0.05) is 11.6 Å². The molecule has 0 spiro atoms. The average Bonchev–Trinajstić information content (AvgIpc) is 2.33. The number of pyridine rings is 1. The van der Waals surface area contributed by atoms with E-state index in [-0.39, 0.29) is 21.0 Å². The molecule has 9 heteroatoms. The molecule has 20 heavy (non-hydrogen) atoms. The van der Waals surface area contributed by atoms with Crippen LogP contribution in [0.4, 0.5) is 15.8 Å². The minimum absolute atomic E-state index is 0.0364. The molecule has 0 aliphatic rings. The SMILES string of the molecule is Nc1cc(Br)c(F)c(S(=O)(=O)Nc2ccnc(Cl)c2)c1. The van der Waals surface area contributed by atoms with Gasteiger partial charge in [-0.2, -0.15) is 0 Å². The van der Waals surface area contributed by atoms with Crippen molar-refractivity contribution in [2.24, 2.45) is 0 Å². The number of rotatable bonds is 3. The topological polar surface area (TPSA) is 85.1 Å². The number of nitrogens with one attached hydrogen (secondary N) is 1. The van der Waals surface area contributed by atoms with Crippen LogP contribution >= 0.6 is 27.5 Å². The largest absolute Gasteiger partial charge is 0.399 e. The van der Waals surface area contributed by atoms with Crippen LogP contribution in [0, 0.1) is 5.82 Å². The Balaban J connectivity index is 2.46. The Bertz CT molecular complexity index is 770. The molecule has 1 heterocycles. The Hall–Kier alpha value is -1.38. The third kappa shape index (κ3) is 3.20. The van der Waals surface area contributed by atoms with Crippen LogP contribution in [0.3, 0.4) is 0 Å². The smallest absolute Gasteiger partial charge is 0.264 e. The number of hydrogen-bond donors (Lipinski definition) is 2. The summed E-state index contributed by atoms with van der Waals surface area (Å²) in [7, 11) is -4.13. The van der Waals surface area contributed by atoms with Gasteiger partial charge >= 0.3 is 0 Å². The number of aromatic nitrogens is 1. The fraction of sp³-hybridized carbons (Fsp3) is 0. The summed E-state index contributed by atoms with van der Waals surface area (Å²) in [4.78, 5) is 3.16. The summed E-state index contributed by atoms with van der Waals surface area (Å²) in [5, 5.41) is 0.111. The van der Waals surface area contributed by atoms with Crippen molar-refractivity contribution >= 4 is 48.9 Å². The number of nitrogen functional groups attached to an aromatic ring is 1. The highest BCUT2D eigenvalue weighted by molar-refractivity contribution is 9.10. The first kappa shape index (κ1) is 15.0. The van der Waals surface area contributed by atoms with Crippen LogP contribution in [0.1, 0.15) is 0 Å². The van der Waals surface area contributed by atoms with E-state index in [9.17, 15) is 12.8 Å². The van der Waals surface area contributed by atoms with Crippen molar-refractivity contribution in [3.8, 4) is 0 Å². The van der Waals surface area contributed by atoms with E-state index in [2.05, 4.69) is 25.6 Å². The minimum atomic E-state index is -4.13. The first-order chi connectivity index (χ1) is 9.29. The van der Waals surface area contributed by atoms with E-state index in [1.54, 1.807) is 0 Å². The zero-order valence-corrected chi connectivity index (χ0v) is 12.9. The second kappa shape index (κ2) is 5.55. The lowest BCUT2D eigenvalue weighted by molar-refractivity contribution is 0.567. The highest BCUT2D eigenvalue weighted by Gasteiger charge is 2.22. The zero-order chi connectivity index (χ0) is 14.9. The maximum atomic E-state index is 13.9. The molecule has 2 rings (SSSR count). The normalized spacial score (nSPS) is 11.3. The summed E-state index contributed by atoms with van der Waals surface area (Å²) >= 11 is 8.56. The van der Waals surface area contributed by atoms with Gasteiger partial charge < -0.3 is 5.73 Å². The number of anilines is 2. The van der Waals surface area contributed by atoms with Crippen molar-refractivity contribution < 1.29 is 12.8 Å². The van der Waals surface area contributed by atoms with Crippen LogP contribution < -0.4 is 10.5 Å². The lowest BCUT2D eigenvalue weighted by Gasteiger charge is -2.10. The average molecular weight is 381 g/mol. The molecule has 5 nitrogen and oxygen atoms in total. The summed E-state index contributed by atoms with van der Waals surface area (Å²) in [5.41, 5.74) is 5.81. The van der Waals surface area contributed by atoms with E-state index in [1.807, 2.05) is 0 Å².